The van der Waals surface area contributed by atoms with Gasteiger partial charge in [-0.3, -0.25) is 19.2 Å². The minimum absolute atomic E-state index is 0.0891. The van der Waals surface area contributed by atoms with Crippen LogP contribution in [0.4, 0.5) is 5.69 Å². The number of fused-ring (bicyclic) bond motifs is 1. The smallest absolute Gasteiger partial charge is 0.306 e. The van der Waals surface area contributed by atoms with Crippen molar-refractivity contribution in [1.82, 2.24) is 10.2 Å². The van der Waals surface area contributed by atoms with Gasteiger partial charge in [0.1, 0.15) is 18.2 Å². The Morgan fingerprint density at radius 2 is 1.80 bits per heavy atom. The maximum atomic E-state index is 15.1. The molecule has 3 amide bonds. The van der Waals surface area contributed by atoms with E-state index in [1.807, 2.05) is 76.2 Å². The summed E-state index contributed by atoms with van der Waals surface area (Å²) in [7, 11) is 0. The Labute approximate surface area is 295 Å². The second-order valence-corrected chi connectivity index (χ2v) is 14.2. The molecule has 3 aliphatic heterocycles. The summed E-state index contributed by atoms with van der Waals surface area (Å²) in [4.78, 5) is 59.9. The Kier molecular flexibility index (Phi) is 11.6. The molecular formula is C40H51N3O7. The lowest BCUT2D eigenvalue weighted by atomic mass is 9.70. The van der Waals surface area contributed by atoms with Gasteiger partial charge < -0.3 is 29.7 Å². The quantitative estimate of drug-likeness (QED) is 0.189. The Hall–Kier alpha value is -4.28. The minimum atomic E-state index is -1.26. The second kappa shape index (κ2) is 15.7. The van der Waals surface area contributed by atoms with Crippen LogP contribution in [0.3, 0.4) is 0 Å². The van der Waals surface area contributed by atoms with E-state index in [1.165, 1.54) is 4.90 Å². The summed E-state index contributed by atoms with van der Waals surface area (Å²) < 4.78 is 12.3. The van der Waals surface area contributed by atoms with Crippen LogP contribution in [0.5, 0.6) is 0 Å². The van der Waals surface area contributed by atoms with E-state index in [1.54, 1.807) is 17.1 Å². The van der Waals surface area contributed by atoms with Crippen molar-refractivity contribution in [3.63, 3.8) is 0 Å². The summed E-state index contributed by atoms with van der Waals surface area (Å²) >= 11 is 0. The highest BCUT2D eigenvalue weighted by Crippen LogP contribution is 2.59. The van der Waals surface area contributed by atoms with Crippen LogP contribution in [0.1, 0.15) is 68.7 Å². The number of aliphatic hydroxyl groups excluding tert-OH is 1. The molecule has 50 heavy (non-hydrogen) atoms. The molecular weight excluding hydrogens is 634 g/mol. The molecule has 10 nitrogen and oxygen atoms in total. The molecule has 2 aromatic rings. The van der Waals surface area contributed by atoms with Crippen LogP contribution in [0.2, 0.25) is 0 Å². The number of likely N-dealkylation sites (tertiary alicyclic amines) is 1. The first kappa shape index (κ1) is 37.0. The fourth-order valence-electron chi connectivity index (χ4n) is 8.33. The third-order valence-corrected chi connectivity index (χ3v) is 10.4. The van der Waals surface area contributed by atoms with Crippen LogP contribution in [0.15, 0.2) is 73.8 Å². The lowest BCUT2D eigenvalue weighted by Crippen LogP contribution is -2.59. The zero-order valence-electron chi connectivity index (χ0n) is 29.7. The third kappa shape index (κ3) is 7.01. The summed E-state index contributed by atoms with van der Waals surface area (Å²) in [6.07, 6.45) is 4.75. The van der Waals surface area contributed by atoms with E-state index in [0.29, 0.717) is 25.7 Å². The highest BCUT2D eigenvalue weighted by Gasteiger charge is 2.75. The van der Waals surface area contributed by atoms with Crippen molar-refractivity contribution >= 4 is 29.4 Å². The molecule has 3 aliphatic rings. The van der Waals surface area contributed by atoms with Gasteiger partial charge >= 0.3 is 5.97 Å². The monoisotopic (exact) mass is 685 g/mol. The van der Waals surface area contributed by atoms with Gasteiger partial charge in [-0.15, -0.1) is 13.2 Å². The number of benzene rings is 2. The van der Waals surface area contributed by atoms with Gasteiger partial charge in [0.25, 0.3) is 5.91 Å². The number of esters is 1. The first-order valence-corrected chi connectivity index (χ1v) is 17.7. The molecule has 1 spiro atoms. The first-order chi connectivity index (χ1) is 24.0. The van der Waals surface area contributed by atoms with Crippen LogP contribution in [0.25, 0.3) is 0 Å². The molecule has 2 N–H and O–H groups in total. The van der Waals surface area contributed by atoms with Crippen LogP contribution in [-0.4, -0.2) is 77.2 Å². The lowest BCUT2D eigenvalue weighted by Gasteiger charge is -2.40. The number of nitrogens with zero attached hydrogens (tertiary/aromatic N) is 2. The number of hydrogen-bond acceptors (Lipinski definition) is 7. The lowest BCUT2D eigenvalue weighted by molar-refractivity contribution is -0.146. The molecule has 3 heterocycles. The van der Waals surface area contributed by atoms with E-state index >= 15 is 4.79 Å². The Morgan fingerprint density at radius 3 is 2.42 bits per heavy atom. The van der Waals surface area contributed by atoms with Gasteiger partial charge in [-0.1, -0.05) is 74.5 Å². The summed E-state index contributed by atoms with van der Waals surface area (Å²) in [5.41, 5.74) is 2.02. The zero-order valence-corrected chi connectivity index (χ0v) is 29.7. The molecule has 2 aromatic carbocycles. The predicted molar refractivity (Wildman–Crippen MR) is 191 cm³/mol. The number of carbonyl (C=O) groups excluding carboxylic acids is 4. The highest BCUT2D eigenvalue weighted by molar-refractivity contribution is 6.05. The van der Waals surface area contributed by atoms with E-state index in [0.717, 1.165) is 22.4 Å². The fourth-order valence-corrected chi connectivity index (χ4v) is 8.33. The standard InChI is InChI=1S/C40H51N3O7/c1-7-9-18-32(45)49-24-30(28-16-11-10-12-17-28)41-37(46)33-31-19-20-40(50-31)34(33)38(47)43(29(23-44)22-25(3)4)36(40)39(48)42(21-8-2)35-26(5)14-13-15-27(35)6/h7-8,10-17,25,29-31,33-34,36,44H,1-2,9,18-24H2,3-6H3,(H,41,46)/t29-,30+,31+,33-,34-,36+,40-/m1/s1. The number of amides is 3. The number of hydrogen-bond donors (Lipinski definition) is 2. The molecule has 3 fully saturated rings. The minimum Gasteiger partial charge on any atom is -0.463 e. The van der Waals surface area contributed by atoms with Gasteiger partial charge in [0.15, 0.2) is 0 Å². The molecule has 0 aromatic heterocycles. The van der Waals surface area contributed by atoms with Crippen LogP contribution in [0, 0.1) is 31.6 Å². The largest absolute Gasteiger partial charge is 0.463 e. The molecule has 5 rings (SSSR count). The first-order valence-electron chi connectivity index (χ1n) is 17.7. The van der Waals surface area contributed by atoms with Crippen LogP contribution < -0.4 is 10.2 Å². The normalized spacial score (nSPS) is 24.8. The van der Waals surface area contributed by atoms with E-state index in [9.17, 15) is 19.5 Å². The molecule has 0 saturated carbocycles. The van der Waals surface area contributed by atoms with Crippen molar-refractivity contribution in [2.75, 3.05) is 24.7 Å². The third-order valence-electron chi connectivity index (χ3n) is 10.4. The molecule has 2 bridgehead atoms. The van der Waals surface area contributed by atoms with Crippen molar-refractivity contribution in [1.29, 1.82) is 0 Å². The van der Waals surface area contributed by atoms with E-state index in [-0.39, 0.29) is 43.9 Å². The second-order valence-electron chi connectivity index (χ2n) is 14.2. The SMILES string of the molecule is C=CCCC(=O)OC[C@H](NC(=O)[C@@H]1[C@@H]2CC[C@]3(O2)[C@H](C(=O)N(CC=C)c2c(C)cccc2C)N([C@@H](CO)CC(C)C)C(=O)[C@@H]13)c1ccccc1. The number of aryl methyl sites for hydroxylation is 2. The summed E-state index contributed by atoms with van der Waals surface area (Å²) in [5, 5.41) is 13.8. The van der Waals surface area contributed by atoms with Crippen molar-refractivity contribution in [2.24, 2.45) is 17.8 Å². The van der Waals surface area contributed by atoms with Gasteiger partial charge in [0, 0.05) is 18.7 Å². The number of para-hydroxylation sites is 1. The average molecular weight is 686 g/mol. The number of nitrogens with one attached hydrogen (secondary N) is 1. The van der Waals surface area contributed by atoms with Crippen LogP contribution in [-0.2, 0) is 28.7 Å². The van der Waals surface area contributed by atoms with Gasteiger partial charge in [-0.2, -0.15) is 0 Å². The Bertz CT molecular complexity index is 1570. The molecule has 10 heteroatoms. The summed E-state index contributed by atoms with van der Waals surface area (Å²) in [5.74, 6) is -3.20. The average Bonchev–Trinajstić information content (AvgIpc) is 3.74. The number of carbonyl (C=O) groups is 4. The Morgan fingerprint density at radius 1 is 1.10 bits per heavy atom. The maximum absolute atomic E-state index is 15.1. The van der Waals surface area contributed by atoms with Crippen molar-refractivity contribution in [2.45, 2.75) is 89.6 Å². The number of allylic oxidation sites excluding steroid dienone is 1. The van der Waals surface area contributed by atoms with Gasteiger partial charge in [-0.05, 0) is 62.1 Å². The number of rotatable bonds is 16. The van der Waals surface area contributed by atoms with E-state index in [4.69, 9.17) is 9.47 Å². The molecule has 0 unspecified atom stereocenters. The highest BCUT2D eigenvalue weighted by atomic mass is 16.5. The van der Waals surface area contributed by atoms with Gasteiger partial charge in [-0.25, -0.2) is 0 Å². The number of aliphatic hydroxyl groups is 1. The number of ether oxygens (including phenoxy) is 2. The summed E-state index contributed by atoms with van der Waals surface area (Å²) in [6, 6.07) is 12.7. The maximum Gasteiger partial charge on any atom is 0.306 e. The molecule has 268 valence electrons. The van der Waals surface area contributed by atoms with Gasteiger partial charge in [0.05, 0.1) is 36.6 Å². The molecule has 7 atom stereocenters. The Balaban J connectivity index is 1.52. The van der Waals surface area contributed by atoms with Crippen molar-refractivity contribution in [3.05, 3.63) is 90.5 Å². The predicted octanol–water partition coefficient (Wildman–Crippen LogP) is 4.97. The molecule has 3 saturated heterocycles. The van der Waals surface area contributed by atoms with Crippen molar-refractivity contribution in [3.8, 4) is 0 Å². The van der Waals surface area contributed by atoms with Gasteiger partial charge in [0.2, 0.25) is 11.8 Å². The summed E-state index contributed by atoms with van der Waals surface area (Å²) in [6.45, 7) is 15.3. The molecule has 0 radical (unpaired) electrons. The molecule has 0 aliphatic carbocycles. The van der Waals surface area contributed by atoms with E-state index in [2.05, 4.69) is 18.5 Å². The van der Waals surface area contributed by atoms with Crippen LogP contribution >= 0.6 is 0 Å². The fraction of sp³-hybridized carbons (Fsp3) is 0.500. The zero-order chi connectivity index (χ0) is 36.2. The topological polar surface area (TPSA) is 125 Å². The van der Waals surface area contributed by atoms with Crippen molar-refractivity contribution < 1.29 is 33.8 Å². The number of anilines is 1. The van der Waals surface area contributed by atoms with E-state index < -0.39 is 53.5 Å².